The molecule has 17 rings (SSSR count). The van der Waals surface area contributed by atoms with Crippen LogP contribution in [0.5, 0.6) is 0 Å². The Balaban J connectivity index is 0.962. The van der Waals surface area contributed by atoms with E-state index in [2.05, 4.69) is 238 Å². The van der Waals surface area contributed by atoms with Crippen LogP contribution in [0.4, 0.5) is 5.69 Å². The average Bonchev–Trinajstić information content (AvgIpc) is 1.58. The summed E-state index contributed by atoms with van der Waals surface area (Å²) in [7, 11) is 0. The topological polar surface area (TPSA) is 100 Å². The van der Waals surface area contributed by atoms with Crippen molar-refractivity contribution in [3.8, 4) is 136 Å². The first-order valence-electron chi connectivity index (χ1n) is 32.4. The molecule has 3 heterocycles. The van der Waals surface area contributed by atoms with Gasteiger partial charge in [0.05, 0.1) is 63.3 Å². The van der Waals surface area contributed by atoms with Gasteiger partial charge in [-0.15, -0.1) is 0 Å². The van der Waals surface area contributed by atoms with Crippen molar-refractivity contribution < 1.29 is 0 Å². The van der Waals surface area contributed by atoms with Crippen LogP contribution in [0, 0.1) is 29.2 Å². The summed E-state index contributed by atoms with van der Waals surface area (Å²) >= 11 is 0. The van der Waals surface area contributed by atoms with Crippen molar-refractivity contribution in [1.82, 2.24) is 24.1 Å². The van der Waals surface area contributed by atoms with Crippen molar-refractivity contribution in [3.63, 3.8) is 0 Å². The fraction of sp³-hybridized carbons (Fsp3) is 0. The first-order valence-corrected chi connectivity index (χ1v) is 32.4. The summed E-state index contributed by atoms with van der Waals surface area (Å²) in [5.41, 5.74) is 23.8. The van der Waals surface area contributed by atoms with Crippen LogP contribution in [0.15, 0.2) is 328 Å². The third-order valence-electron chi connectivity index (χ3n) is 18.7. The molecule has 0 unspecified atom stereocenters. The van der Waals surface area contributed by atoms with Gasteiger partial charge in [-0.2, -0.15) is 10.5 Å². The highest BCUT2D eigenvalue weighted by molar-refractivity contribution is 6.14. The highest BCUT2D eigenvalue weighted by Crippen LogP contribution is 2.45. The van der Waals surface area contributed by atoms with Gasteiger partial charge in [-0.1, -0.05) is 231 Å². The van der Waals surface area contributed by atoms with E-state index in [1.807, 2.05) is 115 Å². The average molecular weight is 1250 g/mol. The van der Waals surface area contributed by atoms with Gasteiger partial charge >= 0.3 is 0 Å². The number of hydrogen-bond donors (Lipinski definition) is 0. The summed E-state index contributed by atoms with van der Waals surface area (Å²) in [5.74, 6) is 1.29. The van der Waals surface area contributed by atoms with Crippen LogP contribution >= 0.6 is 0 Å². The minimum Gasteiger partial charge on any atom is -0.308 e. The molecule has 0 amide bonds. The summed E-state index contributed by atoms with van der Waals surface area (Å²) in [5, 5.41) is 24.7. The summed E-state index contributed by atoms with van der Waals surface area (Å²) in [6, 6.07) is 118. The lowest BCUT2D eigenvalue weighted by Crippen LogP contribution is -2.06. The number of nitriles is 2. The van der Waals surface area contributed by atoms with Gasteiger partial charge in [0, 0.05) is 38.2 Å². The maximum absolute atomic E-state index is 10.4. The molecule has 17 aromatic rings. The molecule has 454 valence electrons. The first-order chi connectivity index (χ1) is 48.4. The number of hydrogen-bond acceptors (Lipinski definition) is 5. The Bertz CT molecular complexity index is 5590. The van der Waals surface area contributed by atoms with Crippen LogP contribution in [-0.2, 0) is 0 Å². The van der Waals surface area contributed by atoms with Gasteiger partial charge in [-0.25, -0.2) is 19.8 Å². The van der Waals surface area contributed by atoms with E-state index in [4.69, 9.17) is 21.5 Å². The van der Waals surface area contributed by atoms with Gasteiger partial charge in [-0.05, 0) is 175 Å². The number of rotatable bonds is 12. The van der Waals surface area contributed by atoms with Gasteiger partial charge in [-0.3, -0.25) is 0 Å². The van der Waals surface area contributed by atoms with Crippen molar-refractivity contribution in [2.75, 3.05) is 0 Å². The van der Waals surface area contributed by atoms with Gasteiger partial charge in [0.1, 0.15) is 0 Å². The molecule has 14 aromatic carbocycles. The van der Waals surface area contributed by atoms with E-state index in [1.54, 1.807) is 0 Å². The van der Waals surface area contributed by atoms with Gasteiger partial charge in [0.15, 0.2) is 23.2 Å². The fourth-order valence-corrected chi connectivity index (χ4v) is 13.8. The molecule has 0 spiro atoms. The molecular weight excluding hydrogens is 1190 g/mol. The van der Waals surface area contributed by atoms with E-state index >= 15 is 0 Å². The van der Waals surface area contributed by atoms with E-state index in [0.29, 0.717) is 34.3 Å². The van der Waals surface area contributed by atoms with Gasteiger partial charge in [0.25, 0.3) is 0 Å². The second-order valence-electron chi connectivity index (χ2n) is 24.4. The lowest BCUT2D eigenvalue weighted by molar-refractivity contribution is 1.06. The Morgan fingerprint density at radius 1 is 0.265 bits per heavy atom. The Morgan fingerprint density at radius 3 is 1.01 bits per heavy atom. The zero-order valence-corrected chi connectivity index (χ0v) is 52.8. The van der Waals surface area contributed by atoms with Crippen LogP contribution in [0.25, 0.3) is 172 Å². The van der Waals surface area contributed by atoms with Crippen molar-refractivity contribution >= 4 is 49.3 Å². The van der Waals surface area contributed by atoms with E-state index in [1.165, 1.54) is 0 Å². The van der Waals surface area contributed by atoms with Crippen LogP contribution in [0.3, 0.4) is 0 Å². The Labute approximate surface area is 566 Å². The van der Waals surface area contributed by atoms with Crippen LogP contribution < -0.4 is 0 Å². The quantitative estimate of drug-likeness (QED) is 0.113. The molecule has 3 aromatic heterocycles. The molecule has 0 N–H and O–H groups in total. The Kier molecular flexibility index (Phi) is 14.5. The molecule has 0 saturated carbocycles. The third-order valence-corrected chi connectivity index (χ3v) is 18.7. The van der Waals surface area contributed by atoms with Crippen molar-refractivity contribution in [1.29, 1.82) is 10.5 Å². The van der Waals surface area contributed by atoms with Crippen LogP contribution in [-0.4, -0.2) is 24.1 Å². The van der Waals surface area contributed by atoms with E-state index in [-0.39, 0.29) is 0 Å². The van der Waals surface area contributed by atoms with Gasteiger partial charge in [0.2, 0.25) is 0 Å². The lowest BCUT2D eigenvalue weighted by atomic mass is 9.98. The SMILES string of the molecule is [C-]#[N+]c1ccc(-c2ccc(-c3nc(-c4cccc(-c5ccccc5C#N)c4)nc(-c4ccc(-c5ccc(C#N)cc5)cc4-n4c5ccc(-c6ccccc6)cc5c5cc(-c6ccccc6)ccc54)n3)c(-n3c4ccc(-c5ccccc5)cc4c4cc(-c5ccccc5)ccc43)c2)cc1. The van der Waals surface area contributed by atoms with Crippen molar-refractivity contribution in [2.24, 2.45) is 0 Å². The number of nitrogens with zero attached hydrogens (tertiary/aromatic N) is 8. The minimum absolute atomic E-state index is 0.428. The monoisotopic (exact) mass is 1250 g/mol. The molecular formula is C90H54N8. The molecule has 98 heavy (non-hydrogen) atoms. The second kappa shape index (κ2) is 24.6. The van der Waals surface area contributed by atoms with E-state index < -0.39 is 0 Å². The second-order valence-corrected chi connectivity index (χ2v) is 24.4. The summed E-state index contributed by atoms with van der Waals surface area (Å²) in [6.45, 7) is 7.84. The Morgan fingerprint density at radius 2 is 0.602 bits per heavy atom. The lowest BCUT2D eigenvalue weighted by Gasteiger charge is -2.18. The minimum atomic E-state index is 0.428. The normalized spacial score (nSPS) is 11.2. The predicted molar refractivity (Wildman–Crippen MR) is 399 cm³/mol. The van der Waals surface area contributed by atoms with Crippen LogP contribution in [0.2, 0.25) is 0 Å². The fourth-order valence-electron chi connectivity index (χ4n) is 13.8. The molecule has 0 fully saturated rings. The molecule has 0 atom stereocenters. The van der Waals surface area contributed by atoms with Crippen molar-refractivity contribution in [2.45, 2.75) is 0 Å². The summed E-state index contributed by atoms with van der Waals surface area (Å²) in [4.78, 5) is 20.8. The molecule has 0 saturated heterocycles. The Hall–Kier alpha value is -13.8. The van der Waals surface area contributed by atoms with Crippen molar-refractivity contribution in [3.05, 3.63) is 350 Å². The number of aromatic nitrogens is 5. The highest BCUT2D eigenvalue weighted by atomic mass is 15.1. The van der Waals surface area contributed by atoms with Gasteiger partial charge < -0.3 is 9.13 Å². The smallest absolute Gasteiger partial charge is 0.187 e. The third kappa shape index (κ3) is 10.5. The molecule has 8 nitrogen and oxygen atoms in total. The first kappa shape index (κ1) is 58.0. The zero-order valence-electron chi connectivity index (χ0n) is 52.8. The highest BCUT2D eigenvalue weighted by Gasteiger charge is 2.25. The molecule has 8 heteroatoms. The predicted octanol–water partition coefficient (Wildman–Crippen LogP) is 23.0. The summed E-state index contributed by atoms with van der Waals surface area (Å²) < 4.78 is 4.71. The van der Waals surface area contributed by atoms with E-state index in [0.717, 1.165) is 150 Å². The maximum atomic E-state index is 10.4. The molecule has 0 aliphatic rings. The standard InChI is InChI=1S/C90H54N8/c1-93-74-41-33-64(34-42-74)70-36-44-77(87(55-70)98-84-47-39-67(61-21-10-4-11-22-61)52-80(84)81-53-68(40-48-85(81)98)62-23-12-5-13-24-62)90-95-88(72-27-16-26-71(49-72)75-28-15-14-25-73(75)57-92)94-89(96-90)76-43-35-69(63-31-29-58(56-91)30-32-63)54-86(76)97-82-45-37-65(59-17-6-2-7-18-59)50-78(82)79-51-66(38-46-83(79)97)60-19-8-3-9-20-60/h2-55H. The molecule has 0 radical (unpaired) electrons. The maximum Gasteiger partial charge on any atom is 0.187 e. The number of fused-ring (bicyclic) bond motifs is 6. The summed E-state index contributed by atoms with van der Waals surface area (Å²) in [6.07, 6.45) is 0. The van der Waals surface area contributed by atoms with Crippen LogP contribution in [0.1, 0.15) is 11.1 Å². The molecule has 0 bridgehead atoms. The zero-order chi connectivity index (χ0) is 65.6. The largest absolute Gasteiger partial charge is 0.308 e. The molecule has 0 aliphatic heterocycles. The number of benzene rings is 14. The molecule has 0 aliphatic carbocycles. The van der Waals surface area contributed by atoms with E-state index in [9.17, 15) is 10.5 Å².